The van der Waals surface area contributed by atoms with Crippen molar-refractivity contribution in [2.45, 2.75) is 19.8 Å². The number of carbonyl (C=O) groups is 1. The Labute approximate surface area is 109 Å². The summed E-state index contributed by atoms with van der Waals surface area (Å²) >= 11 is 3.37. The van der Waals surface area contributed by atoms with E-state index in [0.29, 0.717) is 21.5 Å². The first kappa shape index (κ1) is 13.8. The van der Waals surface area contributed by atoms with Crippen LogP contribution in [0.15, 0.2) is 10.5 Å². The molecule has 1 rings (SSSR count). The Morgan fingerprint density at radius 2 is 2.00 bits per heavy atom. The molecule has 0 aliphatic rings. The van der Waals surface area contributed by atoms with Crippen molar-refractivity contribution in [2.75, 3.05) is 14.2 Å². The highest BCUT2D eigenvalue weighted by Gasteiger charge is 2.23. The fourth-order valence-corrected chi connectivity index (χ4v) is 2.65. The zero-order valence-electron chi connectivity index (χ0n) is 10.2. The summed E-state index contributed by atoms with van der Waals surface area (Å²) in [5.74, 6) is -0.331. The lowest BCUT2D eigenvalue weighted by Crippen LogP contribution is -2.11. The largest absolute Gasteiger partial charge is 0.493 e. The van der Waals surface area contributed by atoms with Crippen LogP contribution in [0.25, 0.3) is 0 Å². The molecule has 0 bridgehead atoms. The number of carboxylic acid groups (broad SMARTS) is 1. The van der Waals surface area contributed by atoms with Crippen LogP contribution >= 0.6 is 15.9 Å². The van der Waals surface area contributed by atoms with Crippen molar-refractivity contribution in [1.82, 2.24) is 0 Å². The van der Waals surface area contributed by atoms with E-state index >= 15 is 0 Å². The number of hydrogen-bond acceptors (Lipinski definition) is 3. The van der Waals surface area contributed by atoms with E-state index in [4.69, 9.17) is 14.6 Å². The second kappa shape index (κ2) is 5.40. The van der Waals surface area contributed by atoms with Gasteiger partial charge in [0.25, 0.3) is 0 Å². The number of carboxylic acids is 1. The number of benzene rings is 1. The molecule has 0 saturated carbocycles. The molecular weight excluding hydrogens is 288 g/mol. The normalized spacial score (nSPS) is 12.1. The van der Waals surface area contributed by atoms with Gasteiger partial charge in [0.05, 0.1) is 20.1 Å². The first-order valence-electron chi connectivity index (χ1n) is 5.07. The van der Waals surface area contributed by atoms with Crippen LogP contribution in [0.5, 0.6) is 11.5 Å². The summed E-state index contributed by atoms with van der Waals surface area (Å²) in [5, 5.41) is 9.08. The van der Waals surface area contributed by atoms with Gasteiger partial charge >= 0.3 is 5.97 Å². The molecule has 0 radical (unpaired) electrons. The van der Waals surface area contributed by atoms with Gasteiger partial charge < -0.3 is 14.6 Å². The van der Waals surface area contributed by atoms with E-state index in [0.717, 1.165) is 5.56 Å². The lowest BCUT2D eigenvalue weighted by Gasteiger charge is -2.18. The molecule has 4 nitrogen and oxygen atoms in total. The van der Waals surface area contributed by atoms with E-state index in [-0.39, 0.29) is 0 Å². The topological polar surface area (TPSA) is 55.8 Å². The highest BCUT2D eigenvalue weighted by molar-refractivity contribution is 9.10. The standard InChI is InChI=1S/C12H15BrO4/c1-6-10(7(2)12(14)15)8(13)5-9(16-3)11(6)17-4/h5,7H,1-4H3,(H,14,15). The summed E-state index contributed by atoms with van der Waals surface area (Å²) in [5.41, 5.74) is 1.48. The minimum absolute atomic E-state index is 0.568. The van der Waals surface area contributed by atoms with Gasteiger partial charge in [0.1, 0.15) is 0 Å². The molecule has 1 atom stereocenters. The first-order chi connectivity index (χ1) is 7.93. The van der Waals surface area contributed by atoms with Crippen molar-refractivity contribution in [1.29, 1.82) is 0 Å². The second-order valence-corrected chi connectivity index (χ2v) is 4.55. The van der Waals surface area contributed by atoms with Crippen molar-refractivity contribution < 1.29 is 19.4 Å². The third-order valence-corrected chi connectivity index (χ3v) is 3.37. The molecule has 5 heteroatoms. The van der Waals surface area contributed by atoms with Gasteiger partial charge in [0.2, 0.25) is 0 Å². The van der Waals surface area contributed by atoms with Crippen LogP contribution < -0.4 is 9.47 Å². The van der Waals surface area contributed by atoms with Crippen molar-refractivity contribution in [3.8, 4) is 11.5 Å². The summed E-state index contributed by atoms with van der Waals surface area (Å²) in [6.07, 6.45) is 0. The minimum atomic E-state index is -0.874. The van der Waals surface area contributed by atoms with Gasteiger partial charge in [-0.05, 0) is 25.5 Å². The van der Waals surface area contributed by atoms with Crippen LogP contribution in [0.4, 0.5) is 0 Å². The molecular formula is C12H15BrO4. The number of aliphatic carboxylic acids is 1. The van der Waals surface area contributed by atoms with E-state index in [1.807, 2.05) is 6.92 Å². The highest BCUT2D eigenvalue weighted by Crippen LogP contribution is 2.40. The molecule has 0 saturated heterocycles. The van der Waals surface area contributed by atoms with E-state index in [1.165, 1.54) is 7.11 Å². The third kappa shape index (κ3) is 2.54. The van der Waals surface area contributed by atoms with E-state index in [9.17, 15) is 4.79 Å². The SMILES string of the molecule is COc1cc(Br)c(C(C)C(=O)O)c(C)c1OC. The van der Waals surface area contributed by atoms with Crippen LogP contribution in [-0.4, -0.2) is 25.3 Å². The molecule has 1 aromatic carbocycles. The predicted octanol–water partition coefficient (Wildman–Crippen LogP) is 2.96. The summed E-state index contributed by atoms with van der Waals surface area (Å²) in [7, 11) is 3.08. The molecule has 0 spiro atoms. The Morgan fingerprint density at radius 3 is 2.41 bits per heavy atom. The van der Waals surface area contributed by atoms with Crippen molar-refractivity contribution in [2.24, 2.45) is 0 Å². The number of rotatable bonds is 4. The maximum Gasteiger partial charge on any atom is 0.310 e. The number of halogens is 1. The quantitative estimate of drug-likeness (QED) is 0.929. The first-order valence-corrected chi connectivity index (χ1v) is 5.87. The summed E-state index contributed by atoms with van der Waals surface area (Å²) < 4.78 is 11.2. The van der Waals surface area contributed by atoms with Crippen LogP contribution in [0, 0.1) is 6.92 Å². The van der Waals surface area contributed by atoms with Gasteiger partial charge in [0, 0.05) is 10.0 Å². The average molecular weight is 303 g/mol. The molecule has 0 amide bonds. The Balaban J connectivity index is 3.47. The van der Waals surface area contributed by atoms with E-state index in [2.05, 4.69) is 15.9 Å². The van der Waals surface area contributed by atoms with Gasteiger partial charge in [-0.3, -0.25) is 4.79 Å². The van der Waals surface area contributed by atoms with E-state index < -0.39 is 11.9 Å². The Kier molecular flexibility index (Phi) is 4.40. The van der Waals surface area contributed by atoms with Crippen LogP contribution in [0.1, 0.15) is 24.0 Å². The molecule has 1 aromatic rings. The third-order valence-electron chi connectivity index (χ3n) is 2.71. The molecule has 0 aliphatic carbocycles. The Morgan fingerprint density at radius 1 is 1.41 bits per heavy atom. The maximum atomic E-state index is 11.1. The monoisotopic (exact) mass is 302 g/mol. The summed E-state index contributed by atoms with van der Waals surface area (Å²) in [6.45, 7) is 3.46. The zero-order chi connectivity index (χ0) is 13.2. The van der Waals surface area contributed by atoms with Gasteiger partial charge in [0.15, 0.2) is 11.5 Å². The molecule has 0 heterocycles. The van der Waals surface area contributed by atoms with Crippen LogP contribution in [0.3, 0.4) is 0 Å². The van der Waals surface area contributed by atoms with Crippen LogP contribution in [-0.2, 0) is 4.79 Å². The van der Waals surface area contributed by atoms with Gasteiger partial charge in [-0.1, -0.05) is 15.9 Å². The molecule has 0 aromatic heterocycles. The Hall–Kier alpha value is -1.23. The second-order valence-electron chi connectivity index (χ2n) is 3.69. The molecule has 17 heavy (non-hydrogen) atoms. The predicted molar refractivity (Wildman–Crippen MR) is 68.0 cm³/mol. The molecule has 1 N–H and O–H groups in total. The smallest absolute Gasteiger partial charge is 0.310 e. The van der Waals surface area contributed by atoms with Gasteiger partial charge in [-0.2, -0.15) is 0 Å². The van der Waals surface area contributed by atoms with Crippen molar-refractivity contribution >= 4 is 21.9 Å². The van der Waals surface area contributed by atoms with Gasteiger partial charge in [-0.15, -0.1) is 0 Å². The maximum absolute atomic E-state index is 11.1. The number of methoxy groups -OCH3 is 2. The minimum Gasteiger partial charge on any atom is -0.493 e. The summed E-state index contributed by atoms with van der Waals surface area (Å²) in [4.78, 5) is 11.1. The molecule has 0 aliphatic heterocycles. The van der Waals surface area contributed by atoms with Gasteiger partial charge in [-0.25, -0.2) is 0 Å². The summed E-state index contributed by atoms with van der Waals surface area (Å²) in [6, 6.07) is 1.72. The molecule has 1 unspecified atom stereocenters. The lowest BCUT2D eigenvalue weighted by molar-refractivity contribution is -0.138. The fraction of sp³-hybridized carbons (Fsp3) is 0.417. The van der Waals surface area contributed by atoms with E-state index in [1.54, 1.807) is 20.1 Å². The average Bonchev–Trinajstić information content (AvgIpc) is 2.27. The highest BCUT2D eigenvalue weighted by atomic mass is 79.9. The van der Waals surface area contributed by atoms with Crippen molar-refractivity contribution in [3.05, 3.63) is 21.7 Å². The van der Waals surface area contributed by atoms with Crippen LogP contribution in [0.2, 0.25) is 0 Å². The number of hydrogen-bond donors (Lipinski definition) is 1. The Bertz CT molecular complexity index is 443. The lowest BCUT2D eigenvalue weighted by atomic mass is 9.95. The fourth-order valence-electron chi connectivity index (χ4n) is 1.81. The molecule has 94 valence electrons. The zero-order valence-corrected chi connectivity index (χ0v) is 11.8. The number of ether oxygens (including phenoxy) is 2. The van der Waals surface area contributed by atoms with Crippen molar-refractivity contribution in [3.63, 3.8) is 0 Å². The molecule has 0 fully saturated rings.